The summed E-state index contributed by atoms with van der Waals surface area (Å²) < 4.78 is 11.0. The van der Waals surface area contributed by atoms with E-state index >= 15 is 0 Å². The first-order valence-corrected chi connectivity index (χ1v) is 12.2. The normalized spacial score (nSPS) is 19.4. The molecule has 1 aliphatic carbocycles. The molecule has 8 nitrogen and oxygen atoms in total. The van der Waals surface area contributed by atoms with E-state index in [0.717, 1.165) is 22.3 Å². The van der Waals surface area contributed by atoms with Crippen LogP contribution in [-0.4, -0.2) is 48.9 Å². The molecule has 1 fully saturated rings. The van der Waals surface area contributed by atoms with Crippen LogP contribution in [0, 0.1) is 5.92 Å². The van der Waals surface area contributed by atoms with Crippen LogP contribution in [0.15, 0.2) is 66.0 Å². The monoisotopic (exact) mass is 492 g/mol. The number of carboxylic acid groups (broad SMARTS) is 1. The van der Waals surface area contributed by atoms with Crippen LogP contribution in [0.4, 0.5) is 4.79 Å². The number of thiophene rings is 1. The zero-order valence-electron chi connectivity index (χ0n) is 18.7. The Bertz CT molecular complexity index is 1200. The lowest BCUT2D eigenvalue weighted by Crippen LogP contribution is -2.48. The predicted octanol–water partition coefficient (Wildman–Crippen LogP) is 3.54. The van der Waals surface area contributed by atoms with E-state index in [4.69, 9.17) is 9.47 Å². The van der Waals surface area contributed by atoms with Crippen molar-refractivity contribution in [2.45, 2.75) is 18.0 Å². The van der Waals surface area contributed by atoms with E-state index in [1.54, 1.807) is 17.5 Å². The third-order valence-electron chi connectivity index (χ3n) is 6.43. The highest BCUT2D eigenvalue weighted by Gasteiger charge is 2.38. The predicted molar refractivity (Wildman–Crippen MR) is 129 cm³/mol. The van der Waals surface area contributed by atoms with Gasteiger partial charge in [0.25, 0.3) is 0 Å². The van der Waals surface area contributed by atoms with Crippen molar-refractivity contribution in [3.05, 3.63) is 82.0 Å². The van der Waals surface area contributed by atoms with Gasteiger partial charge in [-0.05, 0) is 33.7 Å². The second-order valence-corrected chi connectivity index (χ2v) is 9.49. The quantitative estimate of drug-likeness (QED) is 0.465. The standard InChI is InChI=1S/C26H24N2O6S/c29-24(28-23(25(30)31)22-10-5-11-35-22)20-12-33-14-21(20)27-26(32)34-13-19-17-8-3-1-6-15(17)16-7-2-4-9-18(16)19/h1-11,19-21,23H,12-14H2,(H,27,32)(H,28,29)(H,30,31). The molecule has 1 aromatic heterocycles. The van der Waals surface area contributed by atoms with Crippen LogP contribution in [0.2, 0.25) is 0 Å². The number of ether oxygens (including phenoxy) is 2. The molecule has 0 spiro atoms. The number of hydrogen-bond acceptors (Lipinski definition) is 6. The molecule has 2 heterocycles. The van der Waals surface area contributed by atoms with Crippen LogP contribution in [0.3, 0.4) is 0 Å². The Morgan fingerprint density at radius 1 is 1.00 bits per heavy atom. The first kappa shape index (κ1) is 23.1. The average molecular weight is 493 g/mol. The number of carbonyl (C=O) groups is 3. The molecule has 0 bridgehead atoms. The van der Waals surface area contributed by atoms with Crippen LogP contribution < -0.4 is 10.6 Å². The van der Waals surface area contributed by atoms with Gasteiger partial charge in [0.05, 0.1) is 25.2 Å². The van der Waals surface area contributed by atoms with Gasteiger partial charge in [0.15, 0.2) is 6.04 Å². The Morgan fingerprint density at radius 2 is 1.69 bits per heavy atom. The second kappa shape index (κ2) is 9.89. The number of carbonyl (C=O) groups excluding carboxylic acids is 2. The number of aliphatic carboxylic acids is 1. The largest absolute Gasteiger partial charge is 0.479 e. The molecule has 2 aliphatic rings. The number of fused-ring (bicyclic) bond motifs is 3. The van der Waals surface area contributed by atoms with Crippen LogP contribution in [0.25, 0.3) is 11.1 Å². The first-order chi connectivity index (χ1) is 17.0. The van der Waals surface area contributed by atoms with Crippen molar-refractivity contribution in [1.82, 2.24) is 10.6 Å². The van der Waals surface area contributed by atoms with E-state index in [1.165, 1.54) is 11.3 Å². The number of amides is 2. The Hall–Kier alpha value is -3.69. The Kier molecular flexibility index (Phi) is 6.52. The second-order valence-electron chi connectivity index (χ2n) is 8.52. The molecule has 0 radical (unpaired) electrons. The van der Waals surface area contributed by atoms with Gasteiger partial charge < -0.3 is 25.2 Å². The van der Waals surface area contributed by atoms with E-state index in [2.05, 4.69) is 22.8 Å². The zero-order chi connectivity index (χ0) is 24.4. The summed E-state index contributed by atoms with van der Waals surface area (Å²) in [5.74, 6) is -2.44. The third kappa shape index (κ3) is 4.65. The topological polar surface area (TPSA) is 114 Å². The highest BCUT2D eigenvalue weighted by Crippen LogP contribution is 2.44. The summed E-state index contributed by atoms with van der Waals surface area (Å²) in [5, 5.41) is 16.6. The van der Waals surface area contributed by atoms with Crippen LogP contribution >= 0.6 is 11.3 Å². The van der Waals surface area contributed by atoms with Gasteiger partial charge in [-0.15, -0.1) is 11.3 Å². The fourth-order valence-corrected chi connectivity index (χ4v) is 5.47. The maximum atomic E-state index is 12.8. The summed E-state index contributed by atoms with van der Waals surface area (Å²) >= 11 is 1.25. The molecule has 3 aromatic rings. The number of benzene rings is 2. The molecular weight excluding hydrogens is 468 g/mol. The Labute approximate surface area is 205 Å². The fraction of sp³-hybridized carbons (Fsp3) is 0.269. The van der Waals surface area contributed by atoms with E-state index in [-0.39, 0.29) is 25.7 Å². The number of nitrogens with one attached hydrogen (secondary N) is 2. The van der Waals surface area contributed by atoms with Crippen LogP contribution in [0.1, 0.15) is 28.0 Å². The van der Waals surface area contributed by atoms with Crippen LogP contribution in [-0.2, 0) is 19.1 Å². The lowest BCUT2D eigenvalue weighted by atomic mass is 9.98. The van der Waals surface area contributed by atoms with Gasteiger partial charge in [0.1, 0.15) is 6.61 Å². The lowest BCUT2D eigenvalue weighted by Gasteiger charge is -2.21. The van der Waals surface area contributed by atoms with E-state index in [9.17, 15) is 19.5 Å². The van der Waals surface area contributed by atoms with Gasteiger partial charge in [-0.25, -0.2) is 9.59 Å². The summed E-state index contributed by atoms with van der Waals surface area (Å²) in [6, 6.07) is 17.7. The molecule has 0 saturated carbocycles. The van der Waals surface area contributed by atoms with Crippen molar-refractivity contribution >= 4 is 29.3 Å². The molecule has 35 heavy (non-hydrogen) atoms. The molecule has 3 N–H and O–H groups in total. The molecule has 3 atom stereocenters. The van der Waals surface area contributed by atoms with Crippen LogP contribution in [0.5, 0.6) is 0 Å². The molecular formula is C26H24N2O6S. The maximum Gasteiger partial charge on any atom is 0.407 e. The molecule has 1 saturated heterocycles. The SMILES string of the molecule is O=C(NC1COCC1C(=O)NC(C(=O)O)c1cccs1)OCC1c2ccccc2-c2ccccc21. The lowest BCUT2D eigenvalue weighted by molar-refractivity contribution is -0.142. The minimum Gasteiger partial charge on any atom is -0.479 e. The van der Waals surface area contributed by atoms with Crippen molar-refractivity contribution in [2.75, 3.05) is 19.8 Å². The zero-order valence-corrected chi connectivity index (χ0v) is 19.5. The van der Waals surface area contributed by atoms with Gasteiger partial charge in [0, 0.05) is 10.8 Å². The highest BCUT2D eigenvalue weighted by molar-refractivity contribution is 7.10. The van der Waals surface area contributed by atoms with Gasteiger partial charge >= 0.3 is 12.1 Å². The fourth-order valence-electron chi connectivity index (χ4n) is 4.71. The summed E-state index contributed by atoms with van der Waals surface area (Å²) in [7, 11) is 0. The summed E-state index contributed by atoms with van der Waals surface area (Å²) in [6.45, 7) is 0.375. The smallest absolute Gasteiger partial charge is 0.407 e. The van der Waals surface area contributed by atoms with Crippen molar-refractivity contribution in [1.29, 1.82) is 0 Å². The summed E-state index contributed by atoms with van der Waals surface area (Å²) in [6.07, 6.45) is -0.645. The summed E-state index contributed by atoms with van der Waals surface area (Å²) in [4.78, 5) is 37.7. The van der Waals surface area contributed by atoms with E-state index in [1.807, 2.05) is 36.4 Å². The minimum atomic E-state index is -1.15. The van der Waals surface area contributed by atoms with E-state index < -0.39 is 36.0 Å². The number of carboxylic acids is 1. The Morgan fingerprint density at radius 3 is 2.31 bits per heavy atom. The van der Waals surface area contributed by atoms with Crippen molar-refractivity contribution in [3.63, 3.8) is 0 Å². The molecule has 9 heteroatoms. The molecule has 1 aliphatic heterocycles. The number of alkyl carbamates (subject to hydrolysis) is 1. The average Bonchev–Trinajstić information content (AvgIpc) is 3.61. The van der Waals surface area contributed by atoms with Gasteiger partial charge in [-0.2, -0.15) is 0 Å². The van der Waals surface area contributed by atoms with Crippen molar-refractivity contribution < 1.29 is 29.0 Å². The molecule has 180 valence electrons. The van der Waals surface area contributed by atoms with E-state index in [0.29, 0.717) is 4.88 Å². The number of hydrogen-bond donors (Lipinski definition) is 3. The maximum absolute atomic E-state index is 12.8. The third-order valence-corrected chi connectivity index (χ3v) is 7.36. The highest BCUT2D eigenvalue weighted by atomic mass is 32.1. The first-order valence-electron chi connectivity index (χ1n) is 11.3. The summed E-state index contributed by atoms with van der Waals surface area (Å²) in [5.41, 5.74) is 4.49. The molecule has 2 aromatic carbocycles. The van der Waals surface area contributed by atoms with Crippen molar-refractivity contribution in [3.8, 4) is 11.1 Å². The molecule has 2 amide bonds. The molecule has 5 rings (SSSR count). The molecule has 3 unspecified atom stereocenters. The van der Waals surface area contributed by atoms with Crippen molar-refractivity contribution in [2.24, 2.45) is 5.92 Å². The van der Waals surface area contributed by atoms with Gasteiger partial charge in [-0.3, -0.25) is 4.79 Å². The number of rotatable bonds is 7. The van der Waals surface area contributed by atoms with Gasteiger partial charge in [-0.1, -0.05) is 54.6 Å². The Balaban J connectivity index is 1.21. The van der Waals surface area contributed by atoms with Gasteiger partial charge in [0.2, 0.25) is 5.91 Å². The minimum absolute atomic E-state index is 0.0748.